The van der Waals surface area contributed by atoms with E-state index in [1.165, 1.54) is 0 Å². The van der Waals surface area contributed by atoms with E-state index >= 15 is 0 Å². The van der Waals surface area contributed by atoms with Crippen LogP contribution in [0.5, 0.6) is 0 Å². The summed E-state index contributed by atoms with van der Waals surface area (Å²) in [6, 6.07) is 5.34. The molecule has 0 bridgehead atoms. The van der Waals surface area contributed by atoms with Gasteiger partial charge in [-0.3, -0.25) is 4.21 Å². The van der Waals surface area contributed by atoms with Crippen LogP contribution in [0.15, 0.2) is 18.2 Å². The molecule has 1 aliphatic rings. The maximum absolute atomic E-state index is 11.6. The summed E-state index contributed by atoms with van der Waals surface area (Å²) < 4.78 is 11.2. The molecule has 1 aromatic carbocycles. The van der Waals surface area contributed by atoms with Crippen molar-refractivity contribution in [1.29, 1.82) is 0 Å². The Morgan fingerprint density at radius 3 is 2.83 bits per heavy atom. The van der Waals surface area contributed by atoms with Crippen LogP contribution in [0.25, 0.3) is 0 Å². The van der Waals surface area contributed by atoms with E-state index in [1.807, 2.05) is 6.07 Å². The predicted octanol–water partition coefficient (Wildman–Crippen LogP) is 2.50. The van der Waals surface area contributed by atoms with Crippen LogP contribution >= 0.6 is 11.6 Å². The van der Waals surface area contributed by atoms with E-state index in [-0.39, 0.29) is 6.03 Å². The van der Waals surface area contributed by atoms with Crippen molar-refractivity contribution < 1.29 is 9.00 Å². The second kappa shape index (κ2) is 5.71. The maximum atomic E-state index is 11.6. The van der Waals surface area contributed by atoms with Crippen molar-refractivity contribution in [3.05, 3.63) is 28.8 Å². The molecule has 1 saturated carbocycles. The Morgan fingerprint density at radius 1 is 1.50 bits per heavy atom. The number of hydrogen-bond donors (Lipinski definition) is 2. The molecule has 0 spiro atoms. The largest absolute Gasteiger partial charge is 0.335 e. The minimum absolute atomic E-state index is 0.242. The maximum Gasteiger partial charge on any atom is 0.319 e. The third-order valence-electron chi connectivity index (χ3n) is 2.56. The normalized spacial score (nSPS) is 16.1. The molecule has 2 rings (SSSR count). The van der Waals surface area contributed by atoms with Gasteiger partial charge in [0, 0.05) is 28.9 Å². The zero-order chi connectivity index (χ0) is 13.1. The lowest BCUT2D eigenvalue weighted by molar-refractivity contribution is 0.251. The molecular formula is C12H15ClN2O2S. The van der Waals surface area contributed by atoms with E-state index in [0.29, 0.717) is 22.5 Å². The average Bonchev–Trinajstić information content (AvgIpc) is 3.06. The summed E-state index contributed by atoms with van der Waals surface area (Å²) in [5, 5.41) is 6.01. The number of carbonyl (C=O) groups excluding carboxylic acids is 1. The molecule has 2 N–H and O–H groups in total. The first-order chi connectivity index (χ1) is 8.54. The Morgan fingerprint density at radius 2 is 2.22 bits per heavy atom. The summed E-state index contributed by atoms with van der Waals surface area (Å²) in [7, 11) is -0.915. The number of benzene rings is 1. The van der Waals surface area contributed by atoms with Gasteiger partial charge < -0.3 is 10.6 Å². The van der Waals surface area contributed by atoms with E-state index in [1.54, 1.807) is 18.4 Å². The molecule has 98 valence electrons. The second-order valence-electron chi connectivity index (χ2n) is 4.40. The van der Waals surface area contributed by atoms with Crippen LogP contribution in [-0.4, -0.2) is 22.5 Å². The van der Waals surface area contributed by atoms with Gasteiger partial charge in [-0.15, -0.1) is 0 Å². The fourth-order valence-electron chi connectivity index (χ4n) is 1.56. The lowest BCUT2D eigenvalue weighted by Crippen LogP contribution is -2.30. The van der Waals surface area contributed by atoms with Gasteiger partial charge in [0.05, 0.1) is 10.7 Å². The van der Waals surface area contributed by atoms with Crippen molar-refractivity contribution in [2.45, 2.75) is 24.6 Å². The van der Waals surface area contributed by atoms with Crippen molar-refractivity contribution in [1.82, 2.24) is 5.32 Å². The molecule has 4 nitrogen and oxygen atoms in total. The highest BCUT2D eigenvalue weighted by atomic mass is 35.5. The quantitative estimate of drug-likeness (QED) is 0.893. The number of urea groups is 1. The standard InChI is InChI=1S/C12H15ClN2O2S/c1-18(17)7-8-2-5-10(13)11(6-8)15-12(16)14-9-3-4-9/h2,5-6,9H,3-4,7H2,1H3,(H2,14,15,16). The first-order valence-corrected chi connectivity index (χ1v) is 7.81. The van der Waals surface area contributed by atoms with Gasteiger partial charge in [-0.1, -0.05) is 17.7 Å². The molecule has 18 heavy (non-hydrogen) atoms. The summed E-state index contributed by atoms with van der Waals surface area (Å²) in [6.45, 7) is 0. The first kappa shape index (κ1) is 13.4. The monoisotopic (exact) mass is 286 g/mol. The molecule has 1 unspecified atom stereocenters. The summed E-state index contributed by atoms with van der Waals surface area (Å²) in [6.07, 6.45) is 3.72. The number of hydrogen-bond acceptors (Lipinski definition) is 2. The van der Waals surface area contributed by atoms with Crippen LogP contribution < -0.4 is 10.6 Å². The van der Waals surface area contributed by atoms with E-state index in [9.17, 15) is 9.00 Å². The number of nitrogens with one attached hydrogen (secondary N) is 2. The predicted molar refractivity (Wildman–Crippen MR) is 74.4 cm³/mol. The number of carbonyl (C=O) groups is 1. The summed E-state index contributed by atoms with van der Waals surface area (Å²) in [5.74, 6) is 0.454. The average molecular weight is 287 g/mol. The lowest BCUT2D eigenvalue weighted by atomic mass is 10.2. The molecule has 1 fully saturated rings. The highest BCUT2D eigenvalue weighted by molar-refractivity contribution is 7.83. The third kappa shape index (κ3) is 3.99. The molecule has 0 aliphatic heterocycles. The molecule has 1 atom stereocenters. The third-order valence-corrected chi connectivity index (χ3v) is 3.63. The van der Waals surface area contributed by atoms with E-state index in [0.717, 1.165) is 18.4 Å². The molecule has 1 aliphatic carbocycles. The first-order valence-electron chi connectivity index (χ1n) is 5.70. The van der Waals surface area contributed by atoms with Gasteiger partial charge in [0.25, 0.3) is 0 Å². The van der Waals surface area contributed by atoms with Gasteiger partial charge in [0.2, 0.25) is 0 Å². The van der Waals surface area contributed by atoms with Crippen LogP contribution in [-0.2, 0) is 16.6 Å². The van der Waals surface area contributed by atoms with Crippen LogP contribution in [0.3, 0.4) is 0 Å². The van der Waals surface area contributed by atoms with Gasteiger partial charge in [-0.05, 0) is 30.5 Å². The van der Waals surface area contributed by atoms with Crippen molar-refractivity contribution in [3.8, 4) is 0 Å². The minimum Gasteiger partial charge on any atom is -0.335 e. The van der Waals surface area contributed by atoms with Crippen LogP contribution in [0.1, 0.15) is 18.4 Å². The molecule has 0 aromatic heterocycles. The fraction of sp³-hybridized carbons (Fsp3) is 0.417. The Bertz CT molecular complexity index is 489. The van der Waals surface area contributed by atoms with E-state index < -0.39 is 10.8 Å². The molecule has 1 aromatic rings. The number of halogens is 1. The van der Waals surface area contributed by atoms with Crippen LogP contribution in [0.2, 0.25) is 5.02 Å². The number of anilines is 1. The van der Waals surface area contributed by atoms with Crippen molar-refractivity contribution in [2.75, 3.05) is 11.6 Å². The SMILES string of the molecule is CS(=O)Cc1ccc(Cl)c(NC(=O)NC2CC2)c1. The van der Waals surface area contributed by atoms with Crippen LogP contribution in [0.4, 0.5) is 10.5 Å². The molecule has 2 amide bonds. The Hall–Kier alpha value is -1.07. The van der Waals surface area contributed by atoms with E-state index in [4.69, 9.17) is 11.6 Å². The number of amides is 2. The summed E-state index contributed by atoms with van der Waals surface area (Å²) in [5.41, 5.74) is 1.44. The van der Waals surface area contributed by atoms with Crippen molar-refractivity contribution in [3.63, 3.8) is 0 Å². The molecular weight excluding hydrogens is 272 g/mol. The molecule has 6 heteroatoms. The smallest absolute Gasteiger partial charge is 0.319 e. The number of rotatable bonds is 4. The second-order valence-corrected chi connectivity index (χ2v) is 6.25. The highest BCUT2D eigenvalue weighted by Crippen LogP contribution is 2.24. The van der Waals surface area contributed by atoms with Gasteiger partial charge in [0.15, 0.2) is 0 Å². The summed E-state index contributed by atoms with van der Waals surface area (Å²) >= 11 is 6.01. The zero-order valence-corrected chi connectivity index (χ0v) is 11.6. The topological polar surface area (TPSA) is 58.2 Å². The Kier molecular flexibility index (Phi) is 4.24. The van der Waals surface area contributed by atoms with E-state index in [2.05, 4.69) is 10.6 Å². The van der Waals surface area contributed by atoms with Gasteiger partial charge >= 0.3 is 6.03 Å². The lowest BCUT2D eigenvalue weighted by Gasteiger charge is -2.10. The van der Waals surface area contributed by atoms with Gasteiger partial charge in [-0.2, -0.15) is 0 Å². The summed E-state index contributed by atoms with van der Waals surface area (Å²) in [4.78, 5) is 11.6. The fourth-order valence-corrected chi connectivity index (χ4v) is 2.38. The molecule has 0 heterocycles. The Balaban J connectivity index is 2.04. The molecule has 0 saturated heterocycles. The van der Waals surface area contributed by atoms with Gasteiger partial charge in [-0.25, -0.2) is 4.79 Å². The highest BCUT2D eigenvalue weighted by Gasteiger charge is 2.23. The zero-order valence-electron chi connectivity index (χ0n) is 10.0. The molecule has 0 radical (unpaired) electrons. The van der Waals surface area contributed by atoms with Crippen molar-refractivity contribution >= 4 is 34.1 Å². The van der Waals surface area contributed by atoms with Crippen molar-refractivity contribution in [2.24, 2.45) is 0 Å². The Labute approximate surface area is 114 Å². The van der Waals surface area contributed by atoms with Crippen LogP contribution in [0, 0.1) is 0 Å². The van der Waals surface area contributed by atoms with Gasteiger partial charge in [0.1, 0.15) is 0 Å². The minimum atomic E-state index is -0.915.